The highest BCUT2D eigenvalue weighted by molar-refractivity contribution is 6.04. The highest BCUT2D eigenvalue weighted by Gasteiger charge is 2.38. The van der Waals surface area contributed by atoms with Gasteiger partial charge in [0.1, 0.15) is 12.1 Å². The molecule has 0 atom stereocenters. The van der Waals surface area contributed by atoms with Gasteiger partial charge in [0.15, 0.2) is 0 Å². The fourth-order valence-electron chi connectivity index (χ4n) is 3.80. The van der Waals surface area contributed by atoms with Gasteiger partial charge in [-0.15, -0.1) is 0 Å². The minimum Gasteiger partial charge on any atom is -0.475 e. The number of hydrogen-bond donors (Lipinski definition) is 1. The number of pyridine rings is 1. The van der Waals surface area contributed by atoms with Gasteiger partial charge in [0, 0.05) is 54.1 Å². The molecular formula is C25H18F4N4O3. The number of rotatable bonds is 4. The van der Waals surface area contributed by atoms with E-state index >= 15 is 0 Å². The SMILES string of the molecule is O=C(O)C(F)(F)F.O=C1c2c(-c3cncnc3)ccc(F)c2CN1CCc1ccc2ccccc2n1. The zero-order valence-electron chi connectivity index (χ0n) is 18.5. The van der Waals surface area contributed by atoms with Gasteiger partial charge in [0.05, 0.1) is 11.1 Å². The van der Waals surface area contributed by atoms with Gasteiger partial charge in [-0.25, -0.2) is 19.2 Å². The van der Waals surface area contributed by atoms with Crippen LogP contribution in [0, 0.1) is 5.82 Å². The predicted octanol–water partition coefficient (Wildman–Crippen LogP) is 4.66. The van der Waals surface area contributed by atoms with Crippen LogP contribution in [0.3, 0.4) is 0 Å². The van der Waals surface area contributed by atoms with E-state index in [1.807, 2.05) is 36.4 Å². The summed E-state index contributed by atoms with van der Waals surface area (Å²) >= 11 is 0. The van der Waals surface area contributed by atoms with Crippen LogP contribution in [0.5, 0.6) is 0 Å². The Morgan fingerprint density at radius 3 is 2.42 bits per heavy atom. The normalized spacial score (nSPS) is 12.8. The summed E-state index contributed by atoms with van der Waals surface area (Å²) in [5, 5.41) is 8.21. The number of aromatic nitrogens is 3. The van der Waals surface area contributed by atoms with Crippen LogP contribution in [0.25, 0.3) is 22.0 Å². The first-order valence-corrected chi connectivity index (χ1v) is 10.7. The first-order valence-electron chi connectivity index (χ1n) is 10.7. The van der Waals surface area contributed by atoms with Gasteiger partial charge in [0.2, 0.25) is 0 Å². The standard InChI is InChI=1S/C23H17FN4O.C2HF3O2/c24-20-8-7-18(16-11-25-14-26-12-16)22-19(20)13-28(23(22)29)10-9-17-6-5-15-3-1-2-4-21(15)27-17;3-2(4,5)1(6)7/h1-8,11-12,14H,9-10,13H2;(H,6,7). The second-order valence-electron chi connectivity index (χ2n) is 7.85. The molecule has 7 nitrogen and oxygen atoms in total. The molecule has 11 heteroatoms. The van der Waals surface area contributed by atoms with E-state index in [2.05, 4.69) is 15.0 Å². The van der Waals surface area contributed by atoms with Crippen molar-refractivity contribution in [2.45, 2.75) is 19.1 Å². The summed E-state index contributed by atoms with van der Waals surface area (Å²) in [6.45, 7) is 0.734. The fraction of sp³-hybridized carbons (Fsp3) is 0.160. The van der Waals surface area contributed by atoms with E-state index < -0.39 is 12.1 Å². The number of nitrogens with zero attached hydrogens (tertiary/aromatic N) is 4. The number of aliphatic carboxylic acids is 1. The number of carbonyl (C=O) groups excluding carboxylic acids is 1. The molecule has 1 N–H and O–H groups in total. The Bertz CT molecular complexity index is 1430. The lowest BCUT2D eigenvalue weighted by atomic mass is 9.98. The van der Waals surface area contributed by atoms with Gasteiger partial charge in [-0.05, 0) is 23.8 Å². The van der Waals surface area contributed by atoms with Crippen LogP contribution in [0.15, 0.2) is 67.3 Å². The molecule has 0 radical (unpaired) electrons. The Balaban J connectivity index is 0.000000384. The number of carboxylic acids is 1. The van der Waals surface area contributed by atoms with Crippen LogP contribution >= 0.6 is 0 Å². The van der Waals surface area contributed by atoms with Crippen LogP contribution in [-0.2, 0) is 17.8 Å². The molecule has 2 aromatic heterocycles. The largest absolute Gasteiger partial charge is 0.490 e. The van der Waals surface area contributed by atoms with Crippen molar-refractivity contribution in [1.82, 2.24) is 19.9 Å². The zero-order valence-corrected chi connectivity index (χ0v) is 18.5. The molecule has 0 saturated heterocycles. The molecule has 0 unspecified atom stereocenters. The summed E-state index contributed by atoms with van der Waals surface area (Å²) in [5.74, 6) is -3.29. The second kappa shape index (κ2) is 10.1. The number of carbonyl (C=O) groups is 2. The van der Waals surface area contributed by atoms with Crippen molar-refractivity contribution >= 4 is 22.8 Å². The third-order valence-electron chi connectivity index (χ3n) is 5.51. The Morgan fingerprint density at radius 1 is 1.03 bits per heavy atom. The molecule has 0 saturated carbocycles. The van der Waals surface area contributed by atoms with Crippen molar-refractivity contribution < 1.29 is 32.3 Å². The molecule has 36 heavy (non-hydrogen) atoms. The minimum atomic E-state index is -5.08. The summed E-state index contributed by atoms with van der Waals surface area (Å²) < 4.78 is 46.2. The average molecular weight is 498 g/mol. The first-order chi connectivity index (χ1) is 17.1. The average Bonchev–Trinajstić information content (AvgIpc) is 3.20. The highest BCUT2D eigenvalue weighted by Crippen LogP contribution is 2.34. The summed E-state index contributed by atoms with van der Waals surface area (Å²) in [4.78, 5) is 36.3. The summed E-state index contributed by atoms with van der Waals surface area (Å²) in [7, 11) is 0. The van der Waals surface area contributed by atoms with Gasteiger partial charge >= 0.3 is 12.1 Å². The van der Waals surface area contributed by atoms with Crippen molar-refractivity contribution in [3.8, 4) is 11.1 Å². The van der Waals surface area contributed by atoms with Gasteiger partial charge in [-0.2, -0.15) is 13.2 Å². The first kappa shape index (κ1) is 24.7. The smallest absolute Gasteiger partial charge is 0.475 e. The summed E-state index contributed by atoms with van der Waals surface area (Å²) in [6.07, 6.45) is 0.221. The Labute approximate surface area is 202 Å². The Kier molecular flexibility index (Phi) is 6.91. The maximum Gasteiger partial charge on any atom is 0.490 e. The lowest BCUT2D eigenvalue weighted by Gasteiger charge is -2.15. The van der Waals surface area contributed by atoms with Gasteiger partial charge < -0.3 is 10.0 Å². The summed E-state index contributed by atoms with van der Waals surface area (Å²) in [5.41, 5.74) is 4.05. The van der Waals surface area contributed by atoms with E-state index in [1.54, 1.807) is 23.4 Å². The molecule has 0 spiro atoms. The maximum absolute atomic E-state index is 14.4. The zero-order chi connectivity index (χ0) is 25.9. The molecule has 4 aromatic rings. The maximum atomic E-state index is 14.4. The molecule has 0 aliphatic carbocycles. The van der Waals surface area contributed by atoms with Gasteiger partial charge in [-0.3, -0.25) is 9.78 Å². The molecule has 0 bridgehead atoms. The van der Waals surface area contributed by atoms with Crippen molar-refractivity contribution in [3.63, 3.8) is 0 Å². The molecule has 1 aliphatic heterocycles. The molecule has 0 fully saturated rings. The molecule has 184 valence electrons. The topological polar surface area (TPSA) is 96.3 Å². The predicted molar refractivity (Wildman–Crippen MR) is 121 cm³/mol. The molecule has 2 aromatic carbocycles. The van der Waals surface area contributed by atoms with Gasteiger partial charge in [-0.1, -0.05) is 30.3 Å². The lowest BCUT2D eigenvalue weighted by Crippen LogP contribution is -2.26. The van der Waals surface area contributed by atoms with Crippen LogP contribution < -0.4 is 0 Å². The van der Waals surface area contributed by atoms with Crippen molar-refractivity contribution in [3.05, 3.63) is 89.9 Å². The van der Waals surface area contributed by atoms with Crippen LogP contribution in [0.1, 0.15) is 21.6 Å². The molecule has 1 aliphatic rings. The number of carboxylic acid groups (broad SMARTS) is 1. The fourth-order valence-corrected chi connectivity index (χ4v) is 3.80. The third-order valence-corrected chi connectivity index (χ3v) is 5.51. The molecule has 3 heterocycles. The van der Waals surface area contributed by atoms with Gasteiger partial charge in [0.25, 0.3) is 5.91 Å². The van der Waals surface area contributed by atoms with E-state index in [-0.39, 0.29) is 18.3 Å². The van der Waals surface area contributed by atoms with Crippen molar-refractivity contribution in [2.24, 2.45) is 0 Å². The Morgan fingerprint density at radius 2 is 1.72 bits per heavy atom. The number of fused-ring (bicyclic) bond motifs is 2. The second-order valence-corrected chi connectivity index (χ2v) is 7.85. The van der Waals surface area contributed by atoms with Crippen LogP contribution in [-0.4, -0.2) is 49.6 Å². The van der Waals surface area contributed by atoms with E-state index in [1.165, 1.54) is 12.4 Å². The van der Waals surface area contributed by atoms with Crippen LogP contribution in [0.4, 0.5) is 17.6 Å². The Hall–Kier alpha value is -4.41. The quantitative estimate of drug-likeness (QED) is 0.411. The molecule has 5 rings (SSSR count). The highest BCUT2D eigenvalue weighted by atomic mass is 19.4. The monoisotopic (exact) mass is 498 g/mol. The number of benzene rings is 2. The molecule has 1 amide bonds. The lowest BCUT2D eigenvalue weighted by molar-refractivity contribution is -0.192. The number of halogens is 4. The third kappa shape index (κ3) is 5.29. The number of para-hydroxylation sites is 1. The van der Waals surface area contributed by atoms with Crippen LogP contribution in [0.2, 0.25) is 0 Å². The van der Waals surface area contributed by atoms with Crippen molar-refractivity contribution in [1.29, 1.82) is 0 Å². The number of hydrogen-bond acceptors (Lipinski definition) is 5. The number of alkyl halides is 3. The van der Waals surface area contributed by atoms with E-state index in [0.29, 0.717) is 35.2 Å². The molecular weight excluding hydrogens is 480 g/mol. The van der Waals surface area contributed by atoms with E-state index in [0.717, 1.165) is 16.6 Å². The van der Waals surface area contributed by atoms with Crippen molar-refractivity contribution in [2.75, 3.05) is 6.54 Å². The summed E-state index contributed by atoms with van der Waals surface area (Å²) in [6, 6.07) is 15.0. The minimum absolute atomic E-state index is 0.167. The van der Waals surface area contributed by atoms with E-state index in [4.69, 9.17) is 9.90 Å². The van der Waals surface area contributed by atoms with E-state index in [9.17, 15) is 22.4 Å². The number of amides is 1.